The molecule has 4 nitrogen and oxygen atoms in total. The van der Waals surface area contributed by atoms with Gasteiger partial charge in [-0.25, -0.2) is 4.98 Å². The largest absolute Gasteiger partial charge is 0.459 e. The Morgan fingerprint density at radius 3 is 3.00 bits per heavy atom. The molecule has 3 aromatic rings. The van der Waals surface area contributed by atoms with E-state index >= 15 is 0 Å². The van der Waals surface area contributed by atoms with Crippen LogP contribution in [0.2, 0.25) is 0 Å². The zero-order valence-electron chi connectivity index (χ0n) is 10.3. The minimum Gasteiger partial charge on any atom is -0.459 e. The number of carbonyl (C=O) groups is 1. The molecular formula is C14H12N2O2S. The number of nitrogens with zero attached hydrogens (tertiary/aromatic N) is 1. The highest BCUT2D eigenvalue weighted by molar-refractivity contribution is 7.09. The summed E-state index contributed by atoms with van der Waals surface area (Å²) in [4.78, 5) is 16.0. The molecule has 0 saturated carbocycles. The minimum absolute atomic E-state index is 0.176. The van der Waals surface area contributed by atoms with E-state index in [4.69, 9.17) is 4.42 Å². The zero-order chi connectivity index (χ0) is 13.2. The topological polar surface area (TPSA) is 55.1 Å². The van der Waals surface area contributed by atoms with E-state index in [0.717, 1.165) is 21.7 Å². The number of aromatic nitrogens is 1. The number of hydrogen-bond donors (Lipinski definition) is 1. The first-order chi connectivity index (χ1) is 9.22. The lowest BCUT2D eigenvalue weighted by atomic mass is 10.2. The lowest BCUT2D eigenvalue weighted by Gasteiger charge is -1.99. The number of nitrogens with one attached hydrogen (secondary N) is 1. The number of para-hydroxylation sites is 1. The third-order valence-corrected chi connectivity index (χ3v) is 3.52. The number of rotatable bonds is 3. The first-order valence-electron chi connectivity index (χ1n) is 5.90. The predicted molar refractivity (Wildman–Crippen MR) is 74.2 cm³/mol. The van der Waals surface area contributed by atoms with Crippen molar-refractivity contribution in [2.75, 3.05) is 0 Å². The third kappa shape index (κ3) is 2.51. The number of hydrogen-bond acceptors (Lipinski definition) is 4. The van der Waals surface area contributed by atoms with E-state index in [1.54, 1.807) is 5.38 Å². The molecule has 0 aliphatic rings. The van der Waals surface area contributed by atoms with Gasteiger partial charge in [-0.1, -0.05) is 18.2 Å². The van der Waals surface area contributed by atoms with Crippen LogP contribution >= 0.6 is 11.3 Å². The first kappa shape index (κ1) is 11.9. The van der Waals surface area contributed by atoms with Gasteiger partial charge in [0.25, 0.3) is 5.91 Å². The maximum atomic E-state index is 11.8. The summed E-state index contributed by atoms with van der Waals surface area (Å²) >= 11 is 1.46. The maximum Gasteiger partial charge on any atom is 0.271 e. The summed E-state index contributed by atoms with van der Waals surface area (Å²) < 4.78 is 5.63. The molecule has 3 rings (SSSR count). The van der Waals surface area contributed by atoms with E-state index in [0.29, 0.717) is 12.2 Å². The van der Waals surface area contributed by atoms with Crippen molar-refractivity contribution in [1.29, 1.82) is 0 Å². The molecule has 0 spiro atoms. The lowest BCUT2D eigenvalue weighted by Crippen LogP contribution is -2.22. The Morgan fingerprint density at radius 2 is 2.26 bits per heavy atom. The molecule has 1 amide bonds. The van der Waals surface area contributed by atoms with Gasteiger partial charge in [-0.2, -0.15) is 0 Å². The van der Waals surface area contributed by atoms with Crippen molar-refractivity contribution in [3.8, 4) is 0 Å². The van der Waals surface area contributed by atoms with Gasteiger partial charge in [-0.05, 0) is 19.1 Å². The molecule has 19 heavy (non-hydrogen) atoms. The fraction of sp³-hybridized carbons (Fsp3) is 0.143. The van der Waals surface area contributed by atoms with Crippen LogP contribution in [0.15, 0.2) is 40.1 Å². The Hall–Kier alpha value is -2.14. The second-order valence-corrected chi connectivity index (χ2v) is 5.25. The predicted octanol–water partition coefficient (Wildman–Crippen LogP) is 3.13. The summed E-state index contributed by atoms with van der Waals surface area (Å²) in [5.74, 6) is 0.561. The highest BCUT2D eigenvalue weighted by atomic mass is 32.1. The van der Waals surface area contributed by atoms with Crippen molar-refractivity contribution in [3.63, 3.8) is 0 Å². The summed E-state index contributed by atoms with van der Waals surface area (Å²) in [5, 5.41) is 6.48. The fourth-order valence-electron chi connectivity index (χ4n) is 1.85. The average molecular weight is 272 g/mol. The van der Waals surface area contributed by atoms with Gasteiger partial charge >= 0.3 is 0 Å². The fourth-order valence-corrected chi connectivity index (χ4v) is 2.44. The molecule has 0 atom stereocenters. The first-order valence-corrected chi connectivity index (χ1v) is 6.78. The van der Waals surface area contributed by atoms with Gasteiger partial charge in [-0.3, -0.25) is 4.79 Å². The smallest absolute Gasteiger partial charge is 0.271 e. The van der Waals surface area contributed by atoms with Crippen LogP contribution in [0.5, 0.6) is 0 Å². The number of benzene rings is 1. The second-order valence-electron chi connectivity index (χ2n) is 4.18. The number of thiazole rings is 1. The average Bonchev–Trinajstić information content (AvgIpc) is 3.01. The van der Waals surface area contributed by atoms with Crippen molar-refractivity contribution in [2.45, 2.75) is 13.5 Å². The van der Waals surface area contributed by atoms with Crippen molar-refractivity contribution >= 4 is 28.2 Å². The molecule has 0 aliphatic carbocycles. The summed E-state index contributed by atoms with van der Waals surface area (Å²) in [6.45, 7) is 2.24. The molecule has 0 aliphatic heterocycles. The molecule has 0 bridgehead atoms. The zero-order valence-corrected chi connectivity index (χ0v) is 11.2. The maximum absolute atomic E-state index is 11.8. The van der Waals surface area contributed by atoms with Gasteiger partial charge in [-0.15, -0.1) is 11.3 Å². The molecular weight excluding hydrogens is 260 g/mol. The summed E-state index contributed by atoms with van der Waals surface area (Å²) in [6, 6.07) is 9.70. The van der Waals surface area contributed by atoms with Crippen LogP contribution in [0.1, 0.15) is 21.3 Å². The van der Waals surface area contributed by atoms with Gasteiger partial charge in [0.2, 0.25) is 0 Å². The quantitative estimate of drug-likeness (QED) is 0.797. The lowest BCUT2D eigenvalue weighted by molar-refractivity contribution is 0.0944. The number of fused-ring (bicyclic) bond motifs is 1. The van der Waals surface area contributed by atoms with Crippen LogP contribution in [0, 0.1) is 6.92 Å². The molecule has 1 aromatic carbocycles. The number of furan rings is 1. The van der Waals surface area contributed by atoms with Crippen molar-refractivity contribution in [2.24, 2.45) is 0 Å². The molecule has 2 aromatic heterocycles. The van der Waals surface area contributed by atoms with E-state index in [9.17, 15) is 4.79 Å². The van der Waals surface area contributed by atoms with E-state index in [2.05, 4.69) is 10.3 Å². The van der Waals surface area contributed by atoms with Crippen LogP contribution in [0.25, 0.3) is 11.0 Å². The van der Waals surface area contributed by atoms with Crippen molar-refractivity contribution in [3.05, 3.63) is 52.2 Å². The van der Waals surface area contributed by atoms with Gasteiger partial charge < -0.3 is 9.73 Å². The van der Waals surface area contributed by atoms with E-state index < -0.39 is 0 Å². The van der Waals surface area contributed by atoms with E-state index in [1.807, 2.05) is 37.3 Å². The Kier molecular flexibility index (Phi) is 3.05. The second kappa shape index (κ2) is 4.85. The van der Waals surface area contributed by atoms with Crippen LogP contribution in [0.3, 0.4) is 0 Å². The van der Waals surface area contributed by atoms with Crippen molar-refractivity contribution in [1.82, 2.24) is 10.3 Å². The SMILES string of the molecule is Cc1nc(C(=O)NCc2cc3ccccc3o2)cs1. The van der Waals surface area contributed by atoms with Crippen molar-refractivity contribution < 1.29 is 9.21 Å². The molecule has 1 N–H and O–H groups in total. The highest BCUT2D eigenvalue weighted by Crippen LogP contribution is 2.18. The number of carbonyl (C=O) groups excluding carboxylic acids is 1. The standard InChI is InChI=1S/C14H12N2O2S/c1-9-16-12(8-19-9)14(17)15-7-11-6-10-4-2-3-5-13(10)18-11/h2-6,8H,7H2,1H3,(H,15,17). The van der Waals surface area contributed by atoms with Gasteiger partial charge in [0.15, 0.2) is 0 Å². The van der Waals surface area contributed by atoms with E-state index in [-0.39, 0.29) is 5.91 Å². The minimum atomic E-state index is -0.176. The summed E-state index contributed by atoms with van der Waals surface area (Å²) in [7, 11) is 0. The molecule has 96 valence electrons. The van der Waals surface area contributed by atoms with Gasteiger partial charge in [0.1, 0.15) is 17.0 Å². The molecule has 0 unspecified atom stereocenters. The highest BCUT2D eigenvalue weighted by Gasteiger charge is 2.10. The van der Waals surface area contributed by atoms with Crippen LogP contribution in [-0.4, -0.2) is 10.9 Å². The molecule has 2 heterocycles. The van der Waals surface area contributed by atoms with E-state index in [1.165, 1.54) is 11.3 Å². The summed E-state index contributed by atoms with van der Waals surface area (Å²) in [6.07, 6.45) is 0. The number of amides is 1. The molecule has 0 fully saturated rings. The number of aryl methyl sites for hydroxylation is 1. The Balaban J connectivity index is 1.70. The normalized spacial score (nSPS) is 10.8. The molecule has 5 heteroatoms. The monoisotopic (exact) mass is 272 g/mol. The van der Waals surface area contributed by atoms with Gasteiger partial charge in [0.05, 0.1) is 11.6 Å². The Bertz CT molecular complexity index is 697. The summed E-state index contributed by atoms with van der Waals surface area (Å²) in [5.41, 5.74) is 1.29. The van der Waals surface area contributed by atoms with Gasteiger partial charge in [0, 0.05) is 10.8 Å². The molecule has 0 saturated heterocycles. The van der Waals surface area contributed by atoms with Crippen LogP contribution in [-0.2, 0) is 6.54 Å². The van der Waals surface area contributed by atoms with Crippen LogP contribution < -0.4 is 5.32 Å². The molecule has 0 radical (unpaired) electrons. The Morgan fingerprint density at radius 1 is 1.42 bits per heavy atom. The van der Waals surface area contributed by atoms with Crippen LogP contribution in [0.4, 0.5) is 0 Å². The third-order valence-electron chi connectivity index (χ3n) is 2.75. The Labute approximate surface area is 114 Å².